The summed E-state index contributed by atoms with van der Waals surface area (Å²) in [5, 5.41) is 3.52. The summed E-state index contributed by atoms with van der Waals surface area (Å²) in [6, 6.07) is 21.2. The zero-order valence-corrected chi connectivity index (χ0v) is 17.6. The summed E-state index contributed by atoms with van der Waals surface area (Å²) in [6.45, 7) is -0.229. The van der Waals surface area contributed by atoms with Gasteiger partial charge in [-0.15, -0.1) is 0 Å². The second-order valence-electron chi connectivity index (χ2n) is 6.94. The fourth-order valence-corrected chi connectivity index (χ4v) is 3.31. The van der Waals surface area contributed by atoms with E-state index < -0.39 is 5.63 Å². The van der Waals surface area contributed by atoms with Gasteiger partial charge in [0.15, 0.2) is 6.61 Å². The summed E-state index contributed by atoms with van der Waals surface area (Å²) in [4.78, 5) is 24.4. The van der Waals surface area contributed by atoms with Crippen LogP contribution in [0, 0.1) is 0 Å². The molecule has 0 fully saturated rings. The van der Waals surface area contributed by atoms with Crippen LogP contribution in [-0.2, 0) is 4.79 Å². The molecule has 0 saturated heterocycles. The van der Waals surface area contributed by atoms with Gasteiger partial charge in [-0.05, 0) is 23.3 Å². The van der Waals surface area contributed by atoms with Crippen molar-refractivity contribution in [2.24, 2.45) is 0 Å². The molecule has 3 aromatic carbocycles. The summed E-state index contributed by atoms with van der Waals surface area (Å²) in [6.07, 6.45) is 0. The van der Waals surface area contributed by atoms with Crippen LogP contribution >= 0.6 is 0 Å². The predicted molar refractivity (Wildman–Crippen MR) is 122 cm³/mol. The molecule has 7 nitrogen and oxygen atoms in total. The Morgan fingerprint density at radius 3 is 2.28 bits per heavy atom. The first-order valence-corrected chi connectivity index (χ1v) is 9.85. The van der Waals surface area contributed by atoms with Crippen LogP contribution in [0.5, 0.6) is 17.2 Å². The van der Waals surface area contributed by atoms with Crippen LogP contribution in [0.15, 0.2) is 82.0 Å². The molecule has 0 bridgehead atoms. The molecule has 0 aliphatic heterocycles. The minimum Gasteiger partial charge on any atom is -0.497 e. The Morgan fingerprint density at radius 2 is 1.59 bits per heavy atom. The van der Waals surface area contributed by atoms with E-state index in [1.54, 1.807) is 36.4 Å². The lowest BCUT2D eigenvalue weighted by atomic mass is 10.0. The van der Waals surface area contributed by atoms with Crippen molar-refractivity contribution in [3.05, 3.63) is 83.2 Å². The van der Waals surface area contributed by atoms with E-state index >= 15 is 0 Å². The van der Waals surface area contributed by atoms with E-state index in [9.17, 15) is 9.59 Å². The van der Waals surface area contributed by atoms with Gasteiger partial charge in [-0.25, -0.2) is 4.79 Å². The van der Waals surface area contributed by atoms with Crippen molar-refractivity contribution >= 4 is 22.6 Å². The molecule has 4 rings (SSSR count). The van der Waals surface area contributed by atoms with Crippen LogP contribution in [0.3, 0.4) is 0 Å². The van der Waals surface area contributed by atoms with Crippen LogP contribution in [0.25, 0.3) is 22.1 Å². The van der Waals surface area contributed by atoms with Gasteiger partial charge in [-0.1, -0.05) is 30.3 Å². The van der Waals surface area contributed by atoms with E-state index in [0.717, 1.165) is 16.5 Å². The van der Waals surface area contributed by atoms with Gasteiger partial charge in [-0.2, -0.15) is 0 Å². The third-order valence-electron chi connectivity index (χ3n) is 4.81. The zero-order valence-electron chi connectivity index (χ0n) is 17.6. The summed E-state index contributed by atoms with van der Waals surface area (Å²) in [5.41, 5.74) is 2.12. The smallest absolute Gasteiger partial charge is 0.336 e. The van der Waals surface area contributed by atoms with Crippen LogP contribution in [-0.4, -0.2) is 26.7 Å². The zero-order chi connectivity index (χ0) is 22.5. The lowest BCUT2D eigenvalue weighted by Gasteiger charge is -2.11. The predicted octanol–water partition coefficient (Wildman–Crippen LogP) is 4.49. The second-order valence-corrected chi connectivity index (χ2v) is 6.94. The largest absolute Gasteiger partial charge is 0.497 e. The molecule has 7 heteroatoms. The molecule has 0 unspecified atom stereocenters. The lowest BCUT2D eigenvalue weighted by Crippen LogP contribution is -2.20. The molecule has 0 spiro atoms. The van der Waals surface area contributed by atoms with Crippen molar-refractivity contribution in [2.75, 3.05) is 26.1 Å². The highest BCUT2D eigenvalue weighted by molar-refractivity contribution is 5.94. The maximum Gasteiger partial charge on any atom is 0.336 e. The minimum atomic E-state index is -0.460. The van der Waals surface area contributed by atoms with Gasteiger partial charge >= 0.3 is 5.63 Å². The quantitative estimate of drug-likeness (QED) is 0.434. The number of carbonyl (C=O) groups excluding carboxylic acids is 1. The van der Waals surface area contributed by atoms with Gasteiger partial charge in [0.05, 0.1) is 14.2 Å². The summed E-state index contributed by atoms with van der Waals surface area (Å²) in [7, 11) is 3.07. The first-order valence-electron chi connectivity index (χ1n) is 9.85. The van der Waals surface area contributed by atoms with E-state index in [-0.39, 0.29) is 12.5 Å². The Bertz CT molecular complexity index is 1290. The van der Waals surface area contributed by atoms with Gasteiger partial charge < -0.3 is 23.9 Å². The molecule has 32 heavy (non-hydrogen) atoms. The van der Waals surface area contributed by atoms with E-state index in [0.29, 0.717) is 28.5 Å². The van der Waals surface area contributed by atoms with Crippen molar-refractivity contribution in [1.82, 2.24) is 0 Å². The van der Waals surface area contributed by atoms with Crippen LogP contribution in [0.4, 0.5) is 5.69 Å². The van der Waals surface area contributed by atoms with Gasteiger partial charge in [-0.3, -0.25) is 4.79 Å². The highest BCUT2D eigenvalue weighted by atomic mass is 16.5. The van der Waals surface area contributed by atoms with E-state index in [1.807, 2.05) is 30.3 Å². The van der Waals surface area contributed by atoms with Gasteiger partial charge in [0, 0.05) is 41.4 Å². The molecule has 1 heterocycles. The minimum absolute atomic E-state index is 0.229. The molecule has 1 amide bonds. The molecule has 0 atom stereocenters. The third kappa shape index (κ3) is 4.73. The number of fused-ring (bicyclic) bond motifs is 1. The SMILES string of the molecule is COc1cc(NC(=O)COc2ccc3c(-c4ccccc4)cc(=O)oc3c2)cc(OC)c1. The van der Waals surface area contributed by atoms with Crippen molar-refractivity contribution in [3.63, 3.8) is 0 Å². The highest BCUT2D eigenvalue weighted by Gasteiger charge is 2.11. The highest BCUT2D eigenvalue weighted by Crippen LogP contribution is 2.30. The molecule has 162 valence electrons. The first-order chi connectivity index (χ1) is 15.6. The van der Waals surface area contributed by atoms with Crippen molar-refractivity contribution < 1.29 is 23.4 Å². The molecule has 0 aliphatic carbocycles. The Kier molecular flexibility index (Phi) is 6.07. The molecular weight excluding hydrogens is 410 g/mol. The van der Waals surface area contributed by atoms with E-state index in [4.69, 9.17) is 18.6 Å². The van der Waals surface area contributed by atoms with E-state index in [1.165, 1.54) is 20.3 Å². The second kappa shape index (κ2) is 9.26. The van der Waals surface area contributed by atoms with Gasteiger partial charge in [0.25, 0.3) is 5.91 Å². The molecule has 1 N–H and O–H groups in total. The first kappa shape index (κ1) is 21.0. The summed E-state index contributed by atoms with van der Waals surface area (Å²) >= 11 is 0. The van der Waals surface area contributed by atoms with Gasteiger partial charge in [0.1, 0.15) is 22.8 Å². The fourth-order valence-electron chi connectivity index (χ4n) is 3.31. The van der Waals surface area contributed by atoms with Crippen molar-refractivity contribution in [2.45, 2.75) is 0 Å². The Balaban J connectivity index is 1.50. The number of anilines is 1. The number of ether oxygens (including phenoxy) is 3. The summed E-state index contributed by atoms with van der Waals surface area (Å²) < 4.78 is 21.4. The number of methoxy groups -OCH3 is 2. The Morgan fingerprint density at radius 1 is 0.875 bits per heavy atom. The van der Waals surface area contributed by atoms with Crippen LogP contribution < -0.4 is 25.2 Å². The monoisotopic (exact) mass is 431 g/mol. The number of amides is 1. The number of rotatable bonds is 7. The summed E-state index contributed by atoms with van der Waals surface area (Å²) in [5.74, 6) is 1.16. The standard InChI is InChI=1S/C25H21NO6/c1-29-19-10-17(11-20(12-19)30-2)26-24(27)15-31-18-8-9-21-22(16-6-4-3-5-7-16)14-25(28)32-23(21)13-18/h3-14H,15H2,1-2H3,(H,26,27). The molecule has 0 radical (unpaired) electrons. The maximum absolute atomic E-state index is 12.4. The third-order valence-corrected chi connectivity index (χ3v) is 4.81. The molecule has 0 saturated carbocycles. The average Bonchev–Trinajstić information content (AvgIpc) is 2.82. The van der Waals surface area contributed by atoms with Gasteiger partial charge in [0.2, 0.25) is 0 Å². The number of hydrogen-bond acceptors (Lipinski definition) is 6. The molecule has 0 aliphatic rings. The number of carbonyl (C=O) groups is 1. The average molecular weight is 431 g/mol. The Labute approximate surface area is 184 Å². The topological polar surface area (TPSA) is 87.0 Å². The van der Waals surface area contributed by atoms with E-state index in [2.05, 4.69) is 5.32 Å². The number of nitrogens with one attached hydrogen (secondary N) is 1. The molecule has 1 aromatic heterocycles. The lowest BCUT2D eigenvalue weighted by molar-refractivity contribution is -0.118. The van der Waals surface area contributed by atoms with Crippen LogP contribution in [0.1, 0.15) is 0 Å². The molecular formula is C25H21NO6. The number of benzene rings is 3. The van der Waals surface area contributed by atoms with Crippen molar-refractivity contribution in [3.8, 4) is 28.4 Å². The normalized spacial score (nSPS) is 10.6. The number of hydrogen-bond donors (Lipinski definition) is 1. The maximum atomic E-state index is 12.4. The molecule has 4 aromatic rings. The fraction of sp³-hybridized carbons (Fsp3) is 0.120. The Hall–Kier alpha value is -4.26. The van der Waals surface area contributed by atoms with Crippen LogP contribution in [0.2, 0.25) is 0 Å². The van der Waals surface area contributed by atoms with Crippen molar-refractivity contribution in [1.29, 1.82) is 0 Å².